The van der Waals surface area contributed by atoms with Crippen LogP contribution in [0.4, 0.5) is 11.4 Å². The fourth-order valence-electron chi connectivity index (χ4n) is 2.05. The molecule has 18 heavy (non-hydrogen) atoms. The number of ether oxygens (including phenoxy) is 1. The van der Waals surface area contributed by atoms with Gasteiger partial charge in [0.15, 0.2) is 0 Å². The van der Waals surface area contributed by atoms with Gasteiger partial charge in [-0.1, -0.05) is 30.3 Å². The smallest absolute Gasteiger partial charge is 0.298 e. The minimum absolute atomic E-state index is 0.446. The maximum Gasteiger partial charge on any atom is 0.298 e. The Morgan fingerprint density at radius 2 is 1.78 bits per heavy atom. The van der Waals surface area contributed by atoms with Crippen LogP contribution in [0.15, 0.2) is 42.5 Å². The normalized spacial score (nSPS) is 11.8. The molecular formula is C15H11NO2. The Morgan fingerprint density at radius 3 is 2.67 bits per heavy atom. The van der Waals surface area contributed by atoms with E-state index in [1.54, 1.807) is 6.07 Å². The maximum atomic E-state index is 10.5. The van der Waals surface area contributed by atoms with Crippen LogP contribution in [0.1, 0.15) is 11.1 Å². The number of rotatable bonds is 2. The summed E-state index contributed by atoms with van der Waals surface area (Å²) >= 11 is 0. The third kappa shape index (κ3) is 1.76. The lowest BCUT2D eigenvalue weighted by Gasteiger charge is -2.11. The van der Waals surface area contributed by atoms with Crippen LogP contribution in [0.2, 0.25) is 0 Å². The number of fused-ring (bicyclic) bond motifs is 2. The average Bonchev–Trinajstić information content (AvgIpc) is 2.58. The molecule has 88 valence electrons. The molecule has 0 unspecified atom stereocenters. The van der Waals surface area contributed by atoms with Gasteiger partial charge in [0, 0.05) is 16.9 Å². The van der Waals surface area contributed by atoms with E-state index >= 15 is 0 Å². The van der Waals surface area contributed by atoms with Gasteiger partial charge in [0.25, 0.3) is 6.47 Å². The van der Waals surface area contributed by atoms with Gasteiger partial charge in [0.1, 0.15) is 5.75 Å². The zero-order valence-corrected chi connectivity index (χ0v) is 9.59. The number of anilines is 2. The summed E-state index contributed by atoms with van der Waals surface area (Å²) in [5.74, 6) is 0.555. The predicted molar refractivity (Wildman–Crippen MR) is 71.8 cm³/mol. The van der Waals surface area contributed by atoms with Crippen LogP contribution < -0.4 is 10.1 Å². The van der Waals surface area contributed by atoms with E-state index < -0.39 is 0 Å². The third-order valence-corrected chi connectivity index (χ3v) is 2.90. The number of benzene rings is 2. The van der Waals surface area contributed by atoms with Gasteiger partial charge in [-0.3, -0.25) is 4.79 Å². The van der Waals surface area contributed by atoms with Crippen molar-refractivity contribution in [3.63, 3.8) is 0 Å². The molecule has 0 radical (unpaired) electrons. The molecule has 1 heterocycles. The number of para-hydroxylation sites is 1. The molecule has 0 saturated carbocycles. The van der Waals surface area contributed by atoms with E-state index in [1.807, 2.05) is 48.6 Å². The summed E-state index contributed by atoms with van der Waals surface area (Å²) in [5, 5.41) is 3.34. The Labute approximate surface area is 105 Å². The summed E-state index contributed by atoms with van der Waals surface area (Å²) < 4.78 is 4.99. The van der Waals surface area contributed by atoms with Gasteiger partial charge < -0.3 is 10.1 Å². The highest BCUT2D eigenvalue weighted by atomic mass is 16.5. The van der Waals surface area contributed by atoms with Crippen molar-refractivity contribution < 1.29 is 9.53 Å². The topological polar surface area (TPSA) is 38.3 Å². The first kappa shape index (κ1) is 10.6. The molecule has 0 amide bonds. The van der Waals surface area contributed by atoms with E-state index in [2.05, 4.69) is 5.32 Å². The summed E-state index contributed by atoms with van der Waals surface area (Å²) in [5.41, 5.74) is 3.94. The second kappa shape index (κ2) is 4.37. The van der Waals surface area contributed by atoms with Gasteiger partial charge in [-0.15, -0.1) is 0 Å². The number of carbonyl (C=O) groups is 1. The molecular weight excluding hydrogens is 226 g/mol. The Kier molecular flexibility index (Phi) is 2.57. The molecule has 1 N–H and O–H groups in total. The lowest BCUT2D eigenvalue weighted by molar-refractivity contribution is -0.120. The molecule has 3 nitrogen and oxygen atoms in total. The van der Waals surface area contributed by atoms with Crippen LogP contribution in [0.3, 0.4) is 0 Å². The zero-order valence-electron chi connectivity index (χ0n) is 9.59. The number of carbonyl (C=O) groups excluding carboxylic acids is 1. The molecule has 2 aromatic rings. The van der Waals surface area contributed by atoms with Crippen LogP contribution in [0, 0.1) is 0 Å². The van der Waals surface area contributed by atoms with Crippen molar-refractivity contribution in [2.45, 2.75) is 0 Å². The molecule has 0 bridgehead atoms. The van der Waals surface area contributed by atoms with Gasteiger partial charge in [-0.25, -0.2) is 0 Å². The Hall–Kier alpha value is -2.55. The van der Waals surface area contributed by atoms with Gasteiger partial charge in [-0.2, -0.15) is 0 Å². The van der Waals surface area contributed by atoms with E-state index in [0.29, 0.717) is 12.2 Å². The summed E-state index contributed by atoms with van der Waals surface area (Å²) in [6, 6.07) is 13.6. The quantitative estimate of drug-likeness (QED) is 0.694. The summed E-state index contributed by atoms with van der Waals surface area (Å²) in [7, 11) is 0. The van der Waals surface area contributed by atoms with E-state index in [9.17, 15) is 4.79 Å². The highest BCUT2D eigenvalue weighted by molar-refractivity contribution is 5.89. The van der Waals surface area contributed by atoms with Crippen molar-refractivity contribution in [2.24, 2.45) is 0 Å². The van der Waals surface area contributed by atoms with E-state index in [-0.39, 0.29) is 0 Å². The Balaban J connectivity index is 2.14. The Bertz CT molecular complexity index is 632. The van der Waals surface area contributed by atoms with Crippen molar-refractivity contribution in [1.29, 1.82) is 0 Å². The van der Waals surface area contributed by atoms with Gasteiger partial charge in [0.2, 0.25) is 0 Å². The molecule has 0 aliphatic carbocycles. The fourth-order valence-corrected chi connectivity index (χ4v) is 2.05. The van der Waals surface area contributed by atoms with E-state index in [1.165, 1.54) is 0 Å². The van der Waals surface area contributed by atoms with Crippen LogP contribution in [0.5, 0.6) is 5.75 Å². The Morgan fingerprint density at radius 1 is 0.944 bits per heavy atom. The summed E-state index contributed by atoms with van der Waals surface area (Å²) in [6.07, 6.45) is 3.96. The van der Waals surface area contributed by atoms with Crippen molar-refractivity contribution >= 4 is 30.0 Å². The van der Waals surface area contributed by atoms with Crippen molar-refractivity contribution in [3.8, 4) is 5.75 Å². The predicted octanol–water partition coefficient (Wildman–Crippen LogP) is 3.45. The van der Waals surface area contributed by atoms with Gasteiger partial charge >= 0.3 is 0 Å². The second-order valence-electron chi connectivity index (χ2n) is 3.98. The summed E-state index contributed by atoms with van der Waals surface area (Å²) in [6.45, 7) is 0.446. The molecule has 3 rings (SSSR count). The third-order valence-electron chi connectivity index (χ3n) is 2.90. The molecule has 1 aliphatic heterocycles. The molecule has 0 saturated heterocycles. The van der Waals surface area contributed by atoms with Crippen molar-refractivity contribution in [2.75, 3.05) is 5.32 Å². The van der Waals surface area contributed by atoms with Crippen LogP contribution in [-0.2, 0) is 4.79 Å². The molecule has 0 atom stereocenters. The first-order valence-electron chi connectivity index (χ1n) is 5.66. The highest BCUT2D eigenvalue weighted by Crippen LogP contribution is 2.34. The largest absolute Gasteiger partial charge is 0.428 e. The first-order valence-corrected chi connectivity index (χ1v) is 5.66. The number of nitrogens with one attached hydrogen (secondary N) is 1. The number of hydrogen-bond donors (Lipinski definition) is 1. The molecule has 1 aliphatic rings. The molecule has 0 spiro atoms. The second-order valence-corrected chi connectivity index (χ2v) is 3.98. The van der Waals surface area contributed by atoms with Crippen LogP contribution in [0.25, 0.3) is 12.2 Å². The first-order chi connectivity index (χ1) is 8.88. The molecule has 2 aromatic carbocycles. The average molecular weight is 237 g/mol. The van der Waals surface area contributed by atoms with E-state index in [0.717, 1.165) is 22.5 Å². The van der Waals surface area contributed by atoms with E-state index in [4.69, 9.17) is 4.74 Å². The van der Waals surface area contributed by atoms with Crippen LogP contribution in [-0.4, -0.2) is 6.47 Å². The fraction of sp³-hybridized carbons (Fsp3) is 0. The molecule has 0 fully saturated rings. The molecule has 3 heteroatoms. The maximum absolute atomic E-state index is 10.5. The van der Waals surface area contributed by atoms with Crippen molar-refractivity contribution in [3.05, 3.63) is 53.6 Å². The van der Waals surface area contributed by atoms with Gasteiger partial charge in [-0.05, 0) is 29.8 Å². The minimum Gasteiger partial charge on any atom is -0.428 e. The minimum atomic E-state index is 0.446. The lowest BCUT2D eigenvalue weighted by Crippen LogP contribution is -1.96. The van der Waals surface area contributed by atoms with Crippen molar-refractivity contribution in [1.82, 2.24) is 0 Å². The summed E-state index contributed by atoms with van der Waals surface area (Å²) in [4.78, 5) is 10.5. The number of hydrogen-bond acceptors (Lipinski definition) is 3. The monoisotopic (exact) mass is 237 g/mol. The highest BCUT2D eigenvalue weighted by Gasteiger charge is 2.11. The molecule has 0 aromatic heterocycles. The van der Waals surface area contributed by atoms with Crippen LogP contribution >= 0.6 is 0 Å². The van der Waals surface area contributed by atoms with Gasteiger partial charge in [0.05, 0.1) is 0 Å². The standard InChI is InChI=1S/C15H11NO2/c17-10-18-15-7-3-6-14-12(15)9-8-11-4-1-2-5-13(11)16-14/h1-10,16H. The zero-order chi connectivity index (χ0) is 12.4. The lowest BCUT2D eigenvalue weighted by atomic mass is 10.1. The SMILES string of the molecule is O=COc1cccc2c1C=Cc1ccccc1N2.